The predicted molar refractivity (Wildman–Crippen MR) is 64.2 cm³/mol. The number of anilines is 1. The molecule has 2 heterocycles. The molecule has 0 aromatic carbocycles. The number of carbonyl (C=O) groups is 1. The number of nitrogens with zero attached hydrogens (tertiary/aromatic N) is 6. The zero-order valence-corrected chi connectivity index (χ0v) is 10.4. The normalized spacial score (nSPS) is 19.2. The maximum atomic E-state index is 11.8. The number of hydrogen-bond acceptors (Lipinski definition) is 4. The van der Waals surface area contributed by atoms with Crippen LogP contribution in [0.25, 0.3) is 10.4 Å². The molecule has 1 aliphatic rings. The molecule has 0 bridgehead atoms. The van der Waals surface area contributed by atoms with Crippen molar-refractivity contribution in [1.82, 2.24) is 9.97 Å². The van der Waals surface area contributed by atoms with Crippen LogP contribution in [0.15, 0.2) is 22.0 Å². The Balaban J connectivity index is 2.12. The summed E-state index contributed by atoms with van der Waals surface area (Å²) in [6.07, 6.45) is 1.95. The Morgan fingerprint density at radius 2 is 2.53 bits per heavy atom. The van der Waals surface area contributed by atoms with Gasteiger partial charge in [-0.25, -0.2) is 9.97 Å². The molecule has 0 spiro atoms. The van der Waals surface area contributed by atoms with Crippen molar-refractivity contribution in [2.75, 3.05) is 18.0 Å². The van der Waals surface area contributed by atoms with Crippen LogP contribution in [0.2, 0.25) is 0 Å². The van der Waals surface area contributed by atoms with E-state index in [9.17, 15) is 4.79 Å². The number of hydrogen-bond donors (Lipinski definition) is 0. The number of halogens is 1. The summed E-state index contributed by atoms with van der Waals surface area (Å²) >= 11 is 3.23. The van der Waals surface area contributed by atoms with Gasteiger partial charge >= 0.3 is 0 Å². The SMILES string of the molecule is [N-]=[N+]=NCC1CC(=O)N(c2nccc(Br)n2)C1. The molecule has 1 aromatic rings. The monoisotopic (exact) mass is 296 g/mol. The summed E-state index contributed by atoms with van der Waals surface area (Å²) in [5.41, 5.74) is 8.24. The lowest BCUT2D eigenvalue weighted by Gasteiger charge is -2.13. The van der Waals surface area contributed by atoms with Crippen molar-refractivity contribution >= 4 is 27.8 Å². The van der Waals surface area contributed by atoms with Gasteiger partial charge in [0.1, 0.15) is 4.60 Å². The molecule has 7 nitrogen and oxygen atoms in total. The molecule has 1 fully saturated rings. The van der Waals surface area contributed by atoms with Crippen molar-refractivity contribution in [3.8, 4) is 0 Å². The van der Waals surface area contributed by atoms with Crippen LogP contribution in [0.1, 0.15) is 6.42 Å². The largest absolute Gasteiger partial charge is 0.280 e. The van der Waals surface area contributed by atoms with E-state index in [4.69, 9.17) is 5.53 Å². The van der Waals surface area contributed by atoms with Crippen LogP contribution in [0.4, 0.5) is 5.95 Å². The van der Waals surface area contributed by atoms with Gasteiger partial charge in [-0.2, -0.15) is 0 Å². The molecule has 0 aliphatic carbocycles. The van der Waals surface area contributed by atoms with E-state index in [0.29, 0.717) is 30.1 Å². The number of aromatic nitrogens is 2. The van der Waals surface area contributed by atoms with Gasteiger partial charge < -0.3 is 0 Å². The smallest absolute Gasteiger partial charge is 0.233 e. The van der Waals surface area contributed by atoms with E-state index < -0.39 is 0 Å². The minimum atomic E-state index is -0.0405. The van der Waals surface area contributed by atoms with E-state index in [1.165, 1.54) is 4.90 Å². The fraction of sp³-hybridized carbons (Fsp3) is 0.444. The fourth-order valence-electron chi connectivity index (χ4n) is 1.71. The van der Waals surface area contributed by atoms with Crippen LogP contribution in [0, 0.1) is 5.92 Å². The highest BCUT2D eigenvalue weighted by molar-refractivity contribution is 9.10. The number of rotatable bonds is 3. The lowest BCUT2D eigenvalue weighted by Crippen LogP contribution is -2.26. The first-order valence-corrected chi connectivity index (χ1v) is 5.80. The van der Waals surface area contributed by atoms with Crippen LogP contribution < -0.4 is 4.90 Å². The van der Waals surface area contributed by atoms with Gasteiger partial charge in [0.2, 0.25) is 11.9 Å². The van der Waals surface area contributed by atoms with E-state index in [0.717, 1.165) is 0 Å². The number of carbonyl (C=O) groups excluding carboxylic acids is 1. The van der Waals surface area contributed by atoms with Gasteiger partial charge in [0.25, 0.3) is 0 Å². The van der Waals surface area contributed by atoms with Crippen molar-refractivity contribution in [3.63, 3.8) is 0 Å². The number of azide groups is 1. The molecule has 1 aliphatic heterocycles. The lowest BCUT2D eigenvalue weighted by atomic mass is 10.1. The summed E-state index contributed by atoms with van der Waals surface area (Å²) in [7, 11) is 0. The molecule has 0 N–H and O–H groups in total. The minimum absolute atomic E-state index is 0.0405. The third-order valence-electron chi connectivity index (χ3n) is 2.46. The van der Waals surface area contributed by atoms with E-state index in [-0.39, 0.29) is 11.8 Å². The van der Waals surface area contributed by atoms with Gasteiger partial charge in [0.15, 0.2) is 0 Å². The van der Waals surface area contributed by atoms with Crippen LogP contribution >= 0.6 is 15.9 Å². The van der Waals surface area contributed by atoms with Gasteiger partial charge in [0.05, 0.1) is 0 Å². The first-order valence-electron chi connectivity index (χ1n) is 5.00. The molecule has 0 radical (unpaired) electrons. The first kappa shape index (κ1) is 11.8. The Morgan fingerprint density at radius 1 is 1.71 bits per heavy atom. The lowest BCUT2D eigenvalue weighted by molar-refractivity contribution is -0.117. The quantitative estimate of drug-likeness (QED) is 0.369. The Labute approximate surface area is 106 Å². The maximum Gasteiger partial charge on any atom is 0.233 e. The average Bonchev–Trinajstić information content (AvgIpc) is 2.68. The zero-order chi connectivity index (χ0) is 12.3. The van der Waals surface area contributed by atoms with E-state index >= 15 is 0 Å². The Hall–Kier alpha value is -1.66. The summed E-state index contributed by atoms with van der Waals surface area (Å²) < 4.78 is 0.633. The average molecular weight is 297 g/mol. The highest BCUT2D eigenvalue weighted by atomic mass is 79.9. The van der Waals surface area contributed by atoms with Crippen LogP contribution in [0.5, 0.6) is 0 Å². The topological polar surface area (TPSA) is 94.9 Å². The van der Waals surface area contributed by atoms with E-state index in [1.807, 2.05) is 0 Å². The van der Waals surface area contributed by atoms with Crippen LogP contribution in [-0.4, -0.2) is 29.0 Å². The maximum absolute atomic E-state index is 11.8. The molecule has 17 heavy (non-hydrogen) atoms. The molecule has 0 saturated carbocycles. The van der Waals surface area contributed by atoms with Crippen molar-refractivity contribution in [1.29, 1.82) is 0 Å². The molecule has 88 valence electrons. The summed E-state index contributed by atoms with van der Waals surface area (Å²) in [4.78, 5) is 24.1. The van der Waals surface area contributed by atoms with E-state index in [1.54, 1.807) is 12.3 Å². The Bertz CT molecular complexity index is 486. The summed E-state index contributed by atoms with van der Waals surface area (Å²) in [6.45, 7) is 0.820. The second kappa shape index (κ2) is 5.11. The third-order valence-corrected chi connectivity index (χ3v) is 2.90. The van der Waals surface area contributed by atoms with Crippen molar-refractivity contribution < 1.29 is 4.79 Å². The molecule has 1 amide bonds. The van der Waals surface area contributed by atoms with Gasteiger partial charge in [-0.3, -0.25) is 9.69 Å². The van der Waals surface area contributed by atoms with Gasteiger partial charge in [-0.15, -0.1) is 0 Å². The van der Waals surface area contributed by atoms with Crippen LogP contribution in [0.3, 0.4) is 0 Å². The number of amides is 1. The molecular formula is C9H9BrN6O. The third kappa shape index (κ3) is 2.72. The molecular weight excluding hydrogens is 288 g/mol. The predicted octanol–water partition coefficient (Wildman–Crippen LogP) is 1.90. The minimum Gasteiger partial charge on any atom is -0.280 e. The van der Waals surface area contributed by atoms with Gasteiger partial charge in [-0.05, 0) is 33.4 Å². The van der Waals surface area contributed by atoms with Crippen molar-refractivity contribution in [3.05, 3.63) is 27.3 Å². The highest BCUT2D eigenvalue weighted by Crippen LogP contribution is 2.23. The van der Waals surface area contributed by atoms with Gasteiger partial charge in [-0.1, -0.05) is 5.11 Å². The highest BCUT2D eigenvalue weighted by Gasteiger charge is 2.31. The van der Waals surface area contributed by atoms with Crippen LogP contribution in [-0.2, 0) is 4.79 Å². The molecule has 1 unspecified atom stereocenters. The summed E-state index contributed by atoms with van der Waals surface area (Å²) in [5.74, 6) is 0.384. The second-order valence-electron chi connectivity index (χ2n) is 3.67. The first-order chi connectivity index (χ1) is 8.20. The Morgan fingerprint density at radius 3 is 3.24 bits per heavy atom. The summed E-state index contributed by atoms with van der Waals surface area (Å²) in [5, 5.41) is 3.49. The van der Waals surface area contributed by atoms with Crippen molar-refractivity contribution in [2.45, 2.75) is 6.42 Å². The molecule has 2 rings (SSSR count). The van der Waals surface area contributed by atoms with Gasteiger partial charge in [0, 0.05) is 30.6 Å². The van der Waals surface area contributed by atoms with E-state index in [2.05, 4.69) is 35.9 Å². The molecule has 8 heteroatoms. The molecule has 1 aromatic heterocycles. The van der Waals surface area contributed by atoms with Crippen molar-refractivity contribution in [2.24, 2.45) is 11.0 Å². The zero-order valence-electron chi connectivity index (χ0n) is 8.82. The fourth-order valence-corrected chi connectivity index (χ4v) is 1.98. The summed E-state index contributed by atoms with van der Waals surface area (Å²) in [6, 6.07) is 1.70. The molecule has 1 saturated heterocycles. The second-order valence-corrected chi connectivity index (χ2v) is 4.48. The molecule has 1 atom stereocenters. The standard InChI is InChI=1S/C9H9BrN6O/c10-7-1-2-12-9(14-7)16-5-6(3-8(16)17)4-13-15-11/h1-2,6H,3-5H2. The Kier molecular flexibility index (Phi) is 3.55.